The molecular weight excluding hydrogens is 218 g/mol. The summed E-state index contributed by atoms with van der Waals surface area (Å²) in [6.07, 6.45) is 7.09. The molecule has 1 aromatic rings. The summed E-state index contributed by atoms with van der Waals surface area (Å²) in [5.74, 6) is 4.01. The van der Waals surface area contributed by atoms with Crippen molar-refractivity contribution in [3.8, 4) is 0 Å². The van der Waals surface area contributed by atoms with Crippen LogP contribution in [0.4, 0.5) is 0 Å². The highest BCUT2D eigenvalue weighted by Crippen LogP contribution is 2.81. The Morgan fingerprint density at radius 2 is 2.11 bits per heavy atom. The average molecular weight is 239 g/mol. The zero-order valence-corrected chi connectivity index (χ0v) is 10.9. The molecule has 0 amide bonds. The Bertz CT molecular complexity index is 534. The lowest BCUT2D eigenvalue weighted by molar-refractivity contribution is 0.0724. The largest absolute Gasteiger partial charge is 0.330 e. The average Bonchev–Trinajstić information content (AvgIpc) is 3.00. The molecule has 0 heterocycles. The third-order valence-corrected chi connectivity index (χ3v) is 6.59. The quantitative estimate of drug-likeness (QED) is 0.842. The van der Waals surface area contributed by atoms with Crippen molar-refractivity contribution in [3.05, 3.63) is 34.9 Å². The van der Waals surface area contributed by atoms with Crippen molar-refractivity contribution in [2.24, 2.45) is 23.0 Å². The van der Waals surface area contributed by atoms with E-state index in [1.807, 2.05) is 0 Å². The van der Waals surface area contributed by atoms with E-state index in [1.54, 1.807) is 17.5 Å². The Morgan fingerprint density at radius 1 is 1.17 bits per heavy atom. The smallest absolute Gasteiger partial charge is 0.00367 e. The molecule has 3 fully saturated rings. The summed E-state index contributed by atoms with van der Waals surface area (Å²) in [5, 5.41) is 0. The fourth-order valence-electron chi connectivity index (χ4n) is 5.78. The summed E-state index contributed by atoms with van der Waals surface area (Å²) in [4.78, 5) is 0. The van der Waals surface area contributed by atoms with Gasteiger partial charge in [-0.1, -0.05) is 18.2 Å². The van der Waals surface area contributed by atoms with Crippen LogP contribution in [0, 0.1) is 17.3 Å². The molecule has 1 spiro atoms. The van der Waals surface area contributed by atoms with Crippen LogP contribution in [0.5, 0.6) is 0 Å². The molecule has 5 unspecified atom stereocenters. The maximum atomic E-state index is 5.71. The molecule has 1 aromatic carbocycles. The molecule has 0 aromatic heterocycles. The molecule has 5 atom stereocenters. The number of nitrogens with two attached hydrogens (primary N) is 1. The Labute approximate surface area is 109 Å². The Balaban J connectivity index is 1.65. The summed E-state index contributed by atoms with van der Waals surface area (Å²) < 4.78 is 0. The highest BCUT2D eigenvalue weighted by Gasteiger charge is 2.71. The first-order chi connectivity index (χ1) is 8.82. The van der Waals surface area contributed by atoms with Crippen molar-refractivity contribution in [1.82, 2.24) is 0 Å². The van der Waals surface area contributed by atoms with Crippen molar-refractivity contribution < 1.29 is 0 Å². The predicted molar refractivity (Wildman–Crippen MR) is 72.6 cm³/mol. The fourth-order valence-corrected chi connectivity index (χ4v) is 5.78. The molecule has 4 aliphatic rings. The minimum Gasteiger partial charge on any atom is -0.330 e. The van der Waals surface area contributed by atoms with Gasteiger partial charge in [-0.2, -0.15) is 0 Å². The van der Waals surface area contributed by atoms with Crippen LogP contribution >= 0.6 is 0 Å². The van der Waals surface area contributed by atoms with Crippen LogP contribution in [0.2, 0.25) is 0 Å². The van der Waals surface area contributed by atoms with Gasteiger partial charge in [-0.3, -0.25) is 0 Å². The predicted octanol–water partition coefficient (Wildman–Crippen LogP) is 3.19. The summed E-state index contributed by atoms with van der Waals surface area (Å²) in [6.45, 7) is 0.780. The second-order valence-corrected chi connectivity index (χ2v) is 7.23. The maximum Gasteiger partial charge on any atom is -0.00367 e. The van der Waals surface area contributed by atoms with Crippen LogP contribution in [-0.2, 0) is 6.42 Å². The Hall–Kier alpha value is -0.820. The Kier molecular flexibility index (Phi) is 1.68. The second kappa shape index (κ2) is 3.01. The molecule has 2 bridgehead atoms. The monoisotopic (exact) mass is 239 g/mol. The first-order valence-corrected chi connectivity index (χ1v) is 7.64. The van der Waals surface area contributed by atoms with Gasteiger partial charge in [-0.15, -0.1) is 0 Å². The molecule has 5 rings (SSSR count). The van der Waals surface area contributed by atoms with Crippen LogP contribution in [0.25, 0.3) is 0 Å². The van der Waals surface area contributed by atoms with Crippen LogP contribution < -0.4 is 5.73 Å². The molecular formula is C17H21N. The second-order valence-electron chi connectivity index (χ2n) is 7.23. The van der Waals surface area contributed by atoms with Gasteiger partial charge >= 0.3 is 0 Å². The SMILES string of the molecule is NCCc1ccc2c(c1)C1CC13CC1CC2CC13. The van der Waals surface area contributed by atoms with Gasteiger partial charge in [0.15, 0.2) is 0 Å². The third kappa shape index (κ3) is 1.00. The lowest BCUT2D eigenvalue weighted by Crippen LogP contribution is -2.35. The molecule has 4 aliphatic carbocycles. The van der Waals surface area contributed by atoms with Gasteiger partial charge < -0.3 is 5.73 Å². The van der Waals surface area contributed by atoms with E-state index < -0.39 is 0 Å². The van der Waals surface area contributed by atoms with Gasteiger partial charge in [-0.05, 0) is 84.4 Å². The number of benzene rings is 1. The van der Waals surface area contributed by atoms with Gasteiger partial charge in [0, 0.05) is 0 Å². The number of rotatable bonds is 2. The first kappa shape index (κ1) is 10.0. The van der Waals surface area contributed by atoms with Crippen molar-refractivity contribution in [2.45, 2.75) is 43.9 Å². The summed E-state index contributed by atoms with van der Waals surface area (Å²) >= 11 is 0. The van der Waals surface area contributed by atoms with Crippen LogP contribution in [-0.4, -0.2) is 6.54 Å². The summed E-state index contributed by atoms with van der Waals surface area (Å²) in [5.41, 5.74) is 11.4. The third-order valence-electron chi connectivity index (χ3n) is 6.59. The number of fused-ring (bicyclic) bond motifs is 4. The van der Waals surface area contributed by atoms with E-state index in [0.29, 0.717) is 0 Å². The zero-order valence-electron chi connectivity index (χ0n) is 10.9. The van der Waals surface area contributed by atoms with Crippen molar-refractivity contribution >= 4 is 0 Å². The normalized spacial score (nSPS) is 45.8. The molecule has 0 aliphatic heterocycles. The lowest BCUT2D eigenvalue weighted by Gasteiger charge is -2.43. The molecule has 94 valence electrons. The molecule has 2 N–H and O–H groups in total. The van der Waals surface area contributed by atoms with Crippen LogP contribution in [0.15, 0.2) is 18.2 Å². The highest BCUT2D eigenvalue weighted by atomic mass is 14.8. The zero-order chi connectivity index (χ0) is 11.9. The topological polar surface area (TPSA) is 26.0 Å². The fraction of sp³-hybridized carbons (Fsp3) is 0.647. The van der Waals surface area contributed by atoms with Gasteiger partial charge in [0.1, 0.15) is 0 Å². The van der Waals surface area contributed by atoms with Crippen LogP contribution in [0.3, 0.4) is 0 Å². The minimum atomic E-state index is 0.780. The van der Waals surface area contributed by atoms with E-state index in [0.717, 1.165) is 42.1 Å². The van der Waals surface area contributed by atoms with Gasteiger partial charge in [0.05, 0.1) is 0 Å². The van der Waals surface area contributed by atoms with E-state index in [9.17, 15) is 0 Å². The van der Waals surface area contributed by atoms with E-state index in [4.69, 9.17) is 5.73 Å². The standard InChI is InChI=1S/C17H21N/c18-4-3-10-1-2-13-11-6-12-8-17(15(12)7-11)9-16(17)14(13)5-10/h1-2,5,11-12,15-16H,3-4,6-9,18H2. The molecule has 3 saturated carbocycles. The molecule has 0 radical (unpaired) electrons. The maximum absolute atomic E-state index is 5.71. The van der Waals surface area contributed by atoms with Gasteiger partial charge in [0.2, 0.25) is 0 Å². The van der Waals surface area contributed by atoms with Crippen molar-refractivity contribution in [1.29, 1.82) is 0 Å². The van der Waals surface area contributed by atoms with Crippen molar-refractivity contribution in [3.63, 3.8) is 0 Å². The van der Waals surface area contributed by atoms with Crippen LogP contribution in [0.1, 0.15) is 54.2 Å². The first-order valence-electron chi connectivity index (χ1n) is 7.64. The van der Waals surface area contributed by atoms with Crippen molar-refractivity contribution in [2.75, 3.05) is 6.54 Å². The molecule has 0 saturated heterocycles. The number of hydrogen-bond acceptors (Lipinski definition) is 1. The molecule has 18 heavy (non-hydrogen) atoms. The van der Waals surface area contributed by atoms with E-state index >= 15 is 0 Å². The van der Waals surface area contributed by atoms with Gasteiger partial charge in [0.25, 0.3) is 0 Å². The minimum absolute atomic E-state index is 0.780. The summed E-state index contributed by atoms with van der Waals surface area (Å²) in [7, 11) is 0. The summed E-state index contributed by atoms with van der Waals surface area (Å²) in [6, 6.07) is 7.30. The van der Waals surface area contributed by atoms with Gasteiger partial charge in [-0.25, -0.2) is 0 Å². The number of hydrogen-bond donors (Lipinski definition) is 1. The van der Waals surface area contributed by atoms with E-state index in [2.05, 4.69) is 18.2 Å². The Morgan fingerprint density at radius 3 is 3.00 bits per heavy atom. The highest BCUT2D eigenvalue weighted by molar-refractivity contribution is 5.47. The van der Waals surface area contributed by atoms with E-state index in [1.165, 1.54) is 24.8 Å². The lowest BCUT2D eigenvalue weighted by atomic mass is 9.62. The molecule has 1 nitrogen and oxygen atoms in total. The molecule has 1 heteroatoms. The van der Waals surface area contributed by atoms with E-state index in [-0.39, 0.29) is 0 Å².